The molecule has 0 spiro atoms. The molecule has 0 unspecified atom stereocenters. The van der Waals surface area contributed by atoms with Gasteiger partial charge in [0.15, 0.2) is 9.84 Å². The van der Waals surface area contributed by atoms with E-state index in [0.717, 1.165) is 23.3 Å². The highest BCUT2D eigenvalue weighted by molar-refractivity contribution is 7.90. The number of likely N-dealkylation sites (N-methyl/N-ethyl adjacent to an activating group) is 1. The molecule has 7 nitrogen and oxygen atoms in total. The summed E-state index contributed by atoms with van der Waals surface area (Å²) in [6.45, 7) is 9.81. The zero-order valence-electron chi connectivity index (χ0n) is 22.9. The average molecular weight is 528 g/mol. The molecule has 0 aliphatic heterocycles. The Hall–Kier alpha value is -3.78. The number of rotatable bonds is 7. The van der Waals surface area contributed by atoms with E-state index in [1.165, 1.54) is 17.0 Å². The van der Waals surface area contributed by atoms with Gasteiger partial charge >= 0.3 is 0 Å². The summed E-state index contributed by atoms with van der Waals surface area (Å²) < 4.78 is 38.6. The van der Waals surface area contributed by atoms with Gasteiger partial charge in [-0.3, -0.25) is 4.79 Å². The van der Waals surface area contributed by atoms with Crippen molar-refractivity contribution in [3.8, 4) is 23.0 Å². The van der Waals surface area contributed by atoms with Crippen LogP contribution >= 0.6 is 0 Å². The number of carbonyl (C=O) groups is 1. The number of carbonyl (C=O) groups excluding carboxylic acids is 1. The summed E-state index contributed by atoms with van der Waals surface area (Å²) in [5.74, 6) is 2.62. The van der Waals surface area contributed by atoms with Gasteiger partial charge in [0.2, 0.25) is 0 Å². The molecule has 0 saturated heterocycles. The van der Waals surface area contributed by atoms with Gasteiger partial charge in [-0.2, -0.15) is 0 Å². The first-order chi connectivity index (χ1) is 17.4. The minimum absolute atomic E-state index is 0.153. The smallest absolute Gasteiger partial charge is 0.253 e. The summed E-state index contributed by atoms with van der Waals surface area (Å²) >= 11 is 0. The Balaban J connectivity index is 0.000000439. The molecule has 0 aliphatic rings. The summed E-state index contributed by atoms with van der Waals surface area (Å²) in [7, 11) is 3.41. The van der Waals surface area contributed by atoms with Crippen molar-refractivity contribution in [2.75, 3.05) is 34.6 Å². The highest BCUT2D eigenvalue weighted by Crippen LogP contribution is 2.25. The van der Waals surface area contributed by atoms with Crippen molar-refractivity contribution in [1.29, 1.82) is 0 Å². The molecule has 0 aliphatic carbocycles. The predicted molar refractivity (Wildman–Crippen MR) is 149 cm³/mol. The van der Waals surface area contributed by atoms with Crippen LogP contribution in [0.3, 0.4) is 0 Å². The number of hydrogen-bond acceptors (Lipinski definition) is 6. The molecule has 3 aromatic carbocycles. The number of hydrogen-bond donors (Lipinski definition) is 0. The van der Waals surface area contributed by atoms with Crippen molar-refractivity contribution >= 4 is 21.3 Å². The third kappa shape index (κ3) is 10.0. The Morgan fingerprint density at radius 1 is 0.784 bits per heavy atom. The first kappa shape index (κ1) is 31.3. The molecular weight excluding hydrogens is 490 g/mol. The molecule has 0 N–H and O–H groups in total. The lowest BCUT2D eigenvalue weighted by Crippen LogP contribution is -2.22. The Labute approximate surface area is 221 Å². The van der Waals surface area contributed by atoms with E-state index in [-0.39, 0.29) is 10.8 Å². The largest absolute Gasteiger partial charge is 0.497 e. The quantitative estimate of drug-likeness (QED) is 0.349. The number of methoxy groups -OCH3 is 2. The zero-order valence-corrected chi connectivity index (χ0v) is 23.7. The molecule has 8 heteroatoms. The van der Waals surface area contributed by atoms with Crippen LogP contribution in [-0.4, -0.2) is 53.8 Å². The summed E-state index contributed by atoms with van der Waals surface area (Å²) in [6, 6.07) is 18.9. The van der Waals surface area contributed by atoms with Gasteiger partial charge in [-0.1, -0.05) is 32.6 Å². The van der Waals surface area contributed by atoms with Crippen LogP contribution in [0.4, 0.5) is 0 Å². The third-order valence-electron chi connectivity index (χ3n) is 4.85. The highest BCUT2D eigenvalue weighted by atomic mass is 32.2. The lowest BCUT2D eigenvalue weighted by Gasteiger charge is -2.13. The lowest BCUT2D eigenvalue weighted by atomic mass is 10.1. The van der Waals surface area contributed by atoms with E-state index >= 15 is 0 Å². The lowest BCUT2D eigenvalue weighted by molar-refractivity contribution is -0.122. The molecular formula is C29H37NO6S. The molecule has 0 saturated carbocycles. The summed E-state index contributed by atoms with van der Waals surface area (Å²) in [5, 5.41) is 0. The van der Waals surface area contributed by atoms with E-state index in [4.69, 9.17) is 14.2 Å². The summed E-state index contributed by atoms with van der Waals surface area (Å²) in [4.78, 5) is 13.6. The molecule has 0 heterocycles. The van der Waals surface area contributed by atoms with E-state index in [9.17, 15) is 13.2 Å². The van der Waals surface area contributed by atoms with E-state index in [2.05, 4.69) is 6.58 Å². The van der Waals surface area contributed by atoms with Crippen molar-refractivity contribution in [2.24, 2.45) is 0 Å². The summed E-state index contributed by atoms with van der Waals surface area (Å²) in [6.07, 6.45) is 1.16. The number of nitrogens with zero attached hydrogens (tertiary/aromatic N) is 1. The highest BCUT2D eigenvalue weighted by Gasteiger charge is 2.12. The third-order valence-corrected chi connectivity index (χ3v) is 5.98. The number of amides is 1. The number of ether oxygens (including phenoxy) is 3. The Morgan fingerprint density at radius 3 is 1.59 bits per heavy atom. The molecule has 3 rings (SSSR count). The average Bonchev–Trinajstić information content (AvgIpc) is 2.89. The van der Waals surface area contributed by atoms with Crippen LogP contribution in [0.5, 0.6) is 23.0 Å². The predicted octanol–water partition coefficient (Wildman–Crippen LogP) is 6.02. The van der Waals surface area contributed by atoms with Gasteiger partial charge in [0.05, 0.1) is 19.1 Å². The van der Waals surface area contributed by atoms with Crippen LogP contribution in [0, 0.1) is 6.92 Å². The molecule has 0 aromatic heterocycles. The monoisotopic (exact) mass is 527 g/mol. The van der Waals surface area contributed by atoms with E-state index < -0.39 is 9.84 Å². The fourth-order valence-corrected chi connectivity index (χ4v) is 3.59. The first-order valence-corrected chi connectivity index (χ1v) is 13.5. The molecule has 37 heavy (non-hydrogen) atoms. The maximum Gasteiger partial charge on any atom is 0.253 e. The molecule has 200 valence electrons. The minimum atomic E-state index is -3.22. The second-order valence-electron chi connectivity index (χ2n) is 7.94. The van der Waals surface area contributed by atoms with Crippen LogP contribution in [-0.2, 0) is 14.6 Å². The molecule has 0 atom stereocenters. The van der Waals surface area contributed by atoms with Crippen molar-refractivity contribution in [3.63, 3.8) is 0 Å². The topological polar surface area (TPSA) is 82.1 Å². The van der Waals surface area contributed by atoms with Crippen molar-refractivity contribution < 1.29 is 27.4 Å². The second kappa shape index (κ2) is 14.7. The van der Waals surface area contributed by atoms with E-state index in [1.807, 2.05) is 39.0 Å². The van der Waals surface area contributed by atoms with Gasteiger partial charge in [-0.25, -0.2) is 8.42 Å². The van der Waals surface area contributed by atoms with Crippen LogP contribution in [0.1, 0.15) is 25.0 Å². The fraction of sp³-hybridized carbons (Fsp3) is 0.276. The zero-order chi connectivity index (χ0) is 28.2. The first-order valence-electron chi connectivity index (χ1n) is 11.6. The second-order valence-corrected chi connectivity index (χ2v) is 9.95. The minimum Gasteiger partial charge on any atom is -0.497 e. The van der Waals surface area contributed by atoms with Gasteiger partial charge in [0.25, 0.3) is 5.91 Å². The van der Waals surface area contributed by atoms with Crippen LogP contribution in [0.15, 0.2) is 78.2 Å². The Bertz CT molecular complexity index is 1240. The Kier molecular flexibility index (Phi) is 12.4. The van der Waals surface area contributed by atoms with Gasteiger partial charge in [0, 0.05) is 32.0 Å². The van der Waals surface area contributed by atoms with Gasteiger partial charge in [-0.05, 0) is 66.6 Å². The van der Waals surface area contributed by atoms with Crippen LogP contribution in [0.25, 0.3) is 5.57 Å². The standard InChI is InChI=1S/C18H19NO4S.C9H12O2.C2H6/c1-13(18(20)19(2)3)14-5-7-15(8-6-14)23-16-9-11-17(12-10-16)24(4,21)22;1-7-4-8(10-2)6-9(5-7)11-3;1-2/h5-12H,1H2,2-4H3;4-6H,1-3H3;1-2H3. The van der Waals surface area contributed by atoms with Crippen molar-refractivity contribution in [3.05, 3.63) is 84.4 Å². The molecule has 0 bridgehead atoms. The van der Waals surface area contributed by atoms with Crippen molar-refractivity contribution in [2.45, 2.75) is 25.7 Å². The van der Waals surface area contributed by atoms with Gasteiger partial charge in [-0.15, -0.1) is 0 Å². The van der Waals surface area contributed by atoms with Crippen molar-refractivity contribution in [1.82, 2.24) is 4.90 Å². The molecule has 1 amide bonds. The maximum absolute atomic E-state index is 11.9. The van der Waals surface area contributed by atoms with Crippen LogP contribution < -0.4 is 14.2 Å². The SMILES string of the molecule is C=C(C(=O)N(C)C)c1ccc(Oc2ccc(S(C)(=O)=O)cc2)cc1.CC.COc1cc(C)cc(OC)c1. The Morgan fingerprint density at radius 2 is 1.22 bits per heavy atom. The maximum atomic E-state index is 11.9. The fourth-order valence-electron chi connectivity index (χ4n) is 2.96. The summed E-state index contributed by atoms with van der Waals surface area (Å²) in [5.41, 5.74) is 2.26. The normalized spacial score (nSPS) is 10.1. The van der Waals surface area contributed by atoms with Crippen LogP contribution in [0.2, 0.25) is 0 Å². The van der Waals surface area contributed by atoms with E-state index in [0.29, 0.717) is 22.6 Å². The number of aryl methyl sites for hydroxylation is 1. The molecule has 0 radical (unpaired) electrons. The molecule has 0 fully saturated rings. The van der Waals surface area contributed by atoms with Gasteiger partial charge < -0.3 is 19.1 Å². The molecule has 3 aromatic rings. The number of sulfone groups is 1. The van der Waals surface area contributed by atoms with Gasteiger partial charge in [0.1, 0.15) is 23.0 Å². The number of benzene rings is 3. The van der Waals surface area contributed by atoms with E-state index in [1.54, 1.807) is 64.7 Å².